The first-order chi connectivity index (χ1) is 15.2. The predicted octanol–water partition coefficient (Wildman–Crippen LogP) is 3.01. The van der Waals surface area contributed by atoms with Crippen LogP contribution in [0.2, 0.25) is 0 Å². The number of aromatic nitrogens is 3. The van der Waals surface area contributed by atoms with Gasteiger partial charge in [0.1, 0.15) is 18.2 Å². The third kappa shape index (κ3) is 3.71. The van der Waals surface area contributed by atoms with Gasteiger partial charge in [-0.15, -0.1) is 0 Å². The van der Waals surface area contributed by atoms with Crippen LogP contribution in [0.5, 0.6) is 5.75 Å². The van der Waals surface area contributed by atoms with Gasteiger partial charge in [-0.3, -0.25) is 0 Å². The standard InChI is InChI=1S/C21H21F2N5O3S/c1-20(2)19(24)27-21(10-22,11-32(20)29)14-6-12(4-5-15(14)23)17-7-16(28-31-17)18-25-8-13(30-3)9-26-18/h4-9H,10-11H2,1-3H3,(H2,24,27)/t21-,32+/m0/s1. The van der Waals surface area contributed by atoms with Gasteiger partial charge in [0.05, 0.1) is 19.5 Å². The number of halogens is 2. The summed E-state index contributed by atoms with van der Waals surface area (Å²) in [6.45, 7) is 2.26. The molecule has 0 fully saturated rings. The molecule has 2 N–H and O–H groups in total. The van der Waals surface area contributed by atoms with Gasteiger partial charge >= 0.3 is 0 Å². The van der Waals surface area contributed by atoms with Crippen molar-refractivity contribution in [1.82, 2.24) is 15.1 Å². The van der Waals surface area contributed by atoms with Gasteiger partial charge in [0.15, 0.2) is 39.1 Å². The number of hydrogen-bond donors (Lipinski definition) is 1. The first kappa shape index (κ1) is 22.2. The number of nitrogens with zero attached hydrogens (tertiary/aromatic N) is 4. The average molecular weight is 461 g/mol. The molecule has 0 unspecified atom stereocenters. The molecule has 4 rings (SSSR count). The zero-order chi connectivity index (χ0) is 23.1. The second-order valence-electron chi connectivity index (χ2n) is 7.88. The van der Waals surface area contributed by atoms with Crippen LogP contribution in [0.4, 0.5) is 8.78 Å². The Kier molecular flexibility index (Phi) is 5.63. The van der Waals surface area contributed by atoms with Crippen LogP contribution in [0.25, 0.3) is 22.8 Å². The second kappa shape index (κ2) is 8.14. The first-order valence-electron chi connectivity index (χ1n) is 9.64. The van der Waals surface area contributed by atoms with E-state index in [-0.39, 0.29) is 17.2 Å². The summed E-state index contributed by atoms with van der Waals surface area (Å²) in [6.07, 6.45) is 2.98. The van der Waals surface area contributed by atoms with Crippen LogP contribution in [0, 0.1) is 5.82 Å². The second-order valence-corrected chi connectivity index (χ2v) is 9.88. The van der Waals surface area contributed by atoms with E-state index in [0.717, 1.165) is 0 Å². The Hall–Kier alpha value is -3.05. The molecule has 8 nitrogen and oxygen atoms in total. The minimum absolute atomic E-state index is 0.0168. The van der Waals surface area contributed by atoms with E-state index in [1.807, 2.05) is 0 Å². The van der Waals surface area contributed by atoms with Crippen molar-refractivity contribution in [3.05, 3.63) is 48.0 Å². The topological polar surface area (TPSA) is 122 Å². The molecular weight excluding hydrogens is 440 g/mol. The smallest absolute Gasteiger partial charge is 0.181 e. The molecule has 168 valence electrons. The maximum atomic E-state index is 14.8. The number of ether oxygens (including phenoxy) is 1. The summed E-state index contributed by atoms with van der Waals surface area (Å²) in [5, 5.41) is 3.96. The lowest BCUT2D eigenvalue weighted by Crippen LogP contribution is -2.56. The SMILES string of the molecule is COc1cnc(-c2cc(-c3ccc(F)c([C@]4(CF)C[S@@+]([O-])C(C)(C)C(N)=N4)c3)on2)nc1. The Morgan fingerprint density at radius 2 is 1.97 bits per heavy atom. The molecule has 2 atom stereocenters. The monoisotopic (exact) mass is 461 g/mol. The Bertz CT molecular complexity index is 1170. The molecule has 1 aliphatic heterocycles. The van der Waals surface area contributed by atoms with Gasteiger partial charge in [-0.1, -0.05) is 5.16 Å². The van der Waals surface area contributed by atoms with Crippen molar-refractivity contribution in [2.75, 3.05) is 19.5 Å². The van der Waals surface area contributed by atoms with Crippen molar-refractivity contribution in [3.8, 4) is 28.6 Å². The van der Waals surface area contributed by atoms with Crippen molar-refractivity contribution in [1.29, 1.82) is 0 Å². The molecule has 0 spiro atoms. The fourth-order valence-electron chi connectivity index (χ4n) is 3.30. The van der Waals surface area contributed by atoms with Crippen LogP contribution in [0.1, 0.15) is 19.4 Å². The summed E-state index contributed by atoms with van der Waals surface area (Å²) in [5.74, 6) is 0.236. The highest BCUT2D eigenvalue weighted by Gasteiger charge is 2.51. The summed E-state index contributed by atoms with van der Waals surface area (Å²) < 4.78 is 51.4. The van der Waals surface area contributed by atoms with Gasteiger partial charge in [-0.05, 0) is 43.2 Å². The maximum absolute atomic E-state index is 14.8. The largest absolute Gasteiger partial charge is 0.616 e. The number of amidine groups is 1. The van der Waals surface area contributed by atoms with Crippen molar-refractivity contribution in [2.45, 2.75) is 24.1 Å². The molecule has 11 heteroatoms. The molecule has 32 heavy (non-hydrogen) atoms. The van der Waals surface area contributed by atoms with Crippen LogP contribution >= 0.6 is 0 Å². The van der Waals surface area contributed by atoms with Gasteiger partial charge in [0.2, 0.25) is 0 Å². The van der Waals surface area contributed by atoms with E-state index in [4.69, 9.17) is 15.0 Å². The van der Waals surface area contributed by atoms with E-state index in [1.165, 1.54) is 37.7 Å². The summed E-state index contributed by atoms with van der Waals surface area (Å²) >= 11 is -1.56. The fourth-order valence-corrected chi connectivity index (χ4v) is 4.67. The van der Waals surface area contributed by atoms with Crippen LogP contribution in [0.15, 0.2) is 46.2 Å². The van der Waals surface area contributed by atoms with Gasteiger partial charge in [-0.25, -0.2) is 23.7 Å². The number of rotatable bonds is 5. The van der Waals surface area contributed by atoms with Gasteiger partial charge < -0.3 is 19.5 Å². The number of aliphatic imine (C=N–C) groups is 1. The zero-order valence-corrected chi connectivity index (χ0v) is 18.4. The van der Waals surface area contributed by atoms with Crippen LogP contribution in [-0.2, 0) is 16.7 Å². The van der Waals surface area contributed by atoms with E-state index in [9.17, 15) is 13.3 Å². The maximum Gasteiger partial charge on any atom is 0.181 e. The third-order valence-corrected chi connectivity index (χ3v) is 7.55. The first-order valence-corrected chi connectivity index (χ1v) is 11.0. The number of hydrogen-bond acceptors (Lipinski definition) is 8. The molecule has 0 aliphatic carbocycles. The Labute approximate surface area is 186 Å². The quantitative estimate of drug-likeness (QED) is 0.580. The highest BCUT2D eigenvalue weighted by Crippen LogP contribution is 2.40. The molecule has 1 aromatic carbocycles. The summed E-state index contributed by atoms with van der Waals surface area (Å²) in [6, 6.07) is 5.66. The zero-order valence-electron chi connectivity index (χ0n) is 17.6. The van der Waals surface area contributed by atoms with Crippen molar-refractivity contribution in [2.24, 2.45) is 10.7 Å². The summed E-state index contributed by atoms with van der Waals surface area (Å²) in [7, 11) is 1.50. The lowest BCUT2D eigenvalue weighted by molar-refractivity contribution is 0.323. The third-order valence-electron chi connectivity index (χ3n) is 5.47. The van der Waals surface area contributed by atoms with Crippen LogP contribution in [0.3, 0.4) is 0 Å². The minimum atomic E-state index is -1.69. The summed E-state index contributed by atoms with van der Waals surface area (Å²) in [5.41, 5.74) is 5.05. The van der Waals surface area contributed by atoms with E-state index < -0.39 is 34.0 Å². The molecule has 2 aromatic heterocycles. The minimum Gasteiger partial charge on any atom is -0.616 e. The van der Waals surface area contributed by atoms with E-state index in [1.54, 1.807) is 19.9 Å². The number of benzene rings is 1. The van der Waals surface area contributed by atoms with E-state index in [0.29, 0.717) is 28.6 Å². The number of nitrogens with two attached hydrogens (primary N) is 1. The Morgan fingerprint density at radius 3 is 2.59 bits per heavy atom. The number of alkyl halides is 1. The molecule has 1 aliphatic rings. The molecule has 3 heterocycles. The Morgan fingerprint density at radius 1 is 1.25 bits per heavy atom. The predicted molar refractivity (Wildman–Crippen MR) is 116 cm³/mol. The van der Waals surface area contributed by atoms with E-state index in [2.05, 4.69) is 20.1 Å². The normalized spacial score (nSPS) is 22.4. The highest BCUT2D eigenvalue weighted by atomic mass is 32.2. The van der Waals surface area contributed by atoms with Crippen molar-refractivity contribution >= 4 is 17.0 Å². The molecule has 3 aromatic rings. The highest BCUT2D eigenvalue weighted by molar-refractivity contribution is 7.93. The van der Waals surface area contributed by atoms with E-state index >= 15 is 0 Å². The fraction of sp³-hybridized carbons (Fsp3) is 0.333. The van der Waals surface area contributed by atoms with Crippen LogP contribution < -0.4 is 10.5 Å². The summed E-state index contributed by atoms with van der Waals surface area (Å²) in [4.78, 5) is 12.6. The Balaban J connectivity index is 1.74. The average Bonchev–Trinajstić information content (AvgIpc) is 3.28. The molecule has 0 radical (unpaired) electrons. The molecule has 0 bridgehead atoms. The molecule has 0 saturated carbocycles. The van der Waals surface area contributed by atoms with Gasteiger partial charge in [0.25, 0.3) is 0 Å². The lowest BCUT2D eigenvalue weighted by atomic mass is 9.90. The van der Waals surface area contributed by atoms with Gasteiger partial charge in [-0.2, -0.15) is 0 Å². The van der Waals surface area contributed by atoms with Crippen molar-refractivity contribution < 1.29 is 22.6 Å². The lowest BCUT2D eigenvalue weighted by Gasteiger charge is -2.40. The number of methoxy groups -OCH3 is 1. The molecular formula is C21H21F2N5O3S. The molecule has 0 amide bonds. The van der Waals surface area contributed by atoms with Crippen LogP contribution in [-0.4, -0.2) is 49.8 Å². The van der Waals surface area contributed by atoms with Gasteiger partial charge in [0, 0.05) is 17.2 Å². The molecule has 0 saturated heterocycles. The van der Waals surface area contributed by atoms with Crippen molar-refractivity contribution in [3.63, 3.8) is 0 Å².